The smallest absolute Gasteiger partial charge is 0.118 e. The number of rotatable bonds is 1. The summed E-state index contributed by atoms with van der Waals surface area (Å²) >= 11 is 0. The molecule has 1 aliphatic carbocycles. The highest BCUT2D eigenvalue weighted by Crippen LogP contribution is 2.55. The third kappa shape index (κ3) is 2.83. The predicted molar refractivity (Wildman–Crippen MR) is 82.9 cm³/mol. The number of alkyl halides is 3. The van der Waals surface area contributed by atoms with Crippen LogP contribution in [0, 0.1) is 6.92 Å². The van der Waals surface area contributed by atoms with Crippen molar-refractivity contribution in [2.45, 2.75) is 56.9 Å². The van der Waals surface area contributed by atoms with E-state index in [9.17, 15) is 13.2 Å². The van der Waals surface area contributed by atoms with Crippen molar-refractivity contribution in [3.63, 3.8) is 0 Å². The maximum Gasteiger partial charge on any atom is 0.600 e. The summed E-state index contributed by atoms with van der Waals surface area (Å²) in [6.45, 7) is 1.91. The van der Waals surface area contributed by atoms with Crippen LogP contribution in [-0.4, -0.2) is 0 Å². The number of thiophene rings is 1. The second-order valence-electron chi connectivity index (χ2n) is 5.97. The summed E-state index contributed by atoms with van der Waals surface area (Å²) < 4.78 is 41.4. The van der Waals surface area contributed by atoms with E-state index < -0.39 is 16.0 Å². The van der Waals surface area contributed by atoms with Crippen LogP contribution >= 0.6 is 10.5 Å². The SMILES string of the molecule is Cc1cccc2c1cc(C1CCCCCC1)[s+]2C(F)(F)F. The van der Waals surface area contributed by atoms with E-state index in [4.69, 9.17) is 0 Å². The maximum atomic E-state index is 13.6. The fourth-order valence-electron chi connectivity index (χ4n) is 3.45. The minimum Gasteiger partial charge on any atom is -0.118 e. The van der Waals surface area contributed by atoms with Crippen molar-refractivity contribution >= 4 is 20.6 Å². The molecule has 1 atom stereocenters. The Hall–Kier alpha value is -1.03. The third-order valence-electron chi connectivity index (χ3n) is 4.52. The van der Waals surface area contributed by atoms with Gasteiger partial charge in [-0.05, 0) is 31.4 Å². The van der Waals surface area contributed by atoms with Crippen molar-refractivity contribution in [2.24, 2.45) is 0 Å². The standard InChI is InChI=1S/C17H20F3S/c1-12-7-6-10-15-14(12)11-16(21(15)17(18,19)20)13-8-4-2-3-5-9-13/h6-7,10-11,13H,2-5,8-9H2,1H3/q+1. The first-order valence-corrected chi connectivity index (χ1v) is 8.83. The molecule has 2 aromatic rings. The van der Waals surface area contributed by atoms with Gasteiger partial charge in [0.2, 0.25) is 0 Å². The molecule has 0 bridgehead atoms. The molecule has 3 rings (SSSR count). The average molecular weight is 313 g/mol. The van der Waals surface area contributed by atoms with Gasteiger partial charge in [-0.2, -0.15) is 0 Å². The van der Waals surface area contributed by atoms with Gasteiger partial charge in [-0.15, -0.1) is 13.2 Å². The summed E-state index contributed by atoms with van der Waals surface area (Å²) in [5, 5.41) is 0.817. The second kappa shape index (κ2) is 5.64. The molecule has 0 saturated heterocycles. The molecule has 1 aromatic carbocycles. The highest BCUT2D eigenvalue weighted by Gasteiger charge is 2.49. The van der Waals surface area contributed by atoms with Gasteiger partial charge in [0, 0.05) is 17.4 Å². The second-order valence-corrected chi connectivity index (χ2v) is 7.96. The lowest BCUT2D eigenvalue weighted by molar-refractivity contribution is -0.0868. The Labute approximate surface area is 125 Å². The summed E-state index contributed by atoms with van der Waals surface area (Å²) in [7, 11) is -1.71. The topological polar surface area (TPSA) is 0 Å². The molecule has 0 N–H and O–H groups in total. The predicted octanol–water partition coefficient (Wildman–Crippen LogP) is 6.81. The molecule has 4 heteroatoms. The molecule has 0 aliphatic heterocycles. The molecule has 0 spiro atoms. The first kappa shape index (κ1) is 14.9. The molecular weight excluding hydrogens is 293 g/mol. The van der Waals surface area contributed by atoms with Gasteiger partial charge in [-0.1, -0.05) is 37.8 Å². The van der Waals surface area contributed by atoms with Crippen LogP contribution in [0.15, 0.2) is 24.3 Å². The van der Waals surface area contributed by atoms with Crippen LogP contribution in [0.3, 0.4) is 0 Å². The van der Waals surface area contributed by atoms with Gasteiger partial charge in [0.25, 0.3) is 0 Å². The van der Waals surface area contributed by atoms with Crippen LogP contribution in [0.4, 0.5) is 13.2 Å². The third-order valence-corrected chi connectivity index (χ3v) is 6.70. The zero-order chi connectivity index (χ0) is 15.0. The Morgan fingerprint density at radius 2 is 1.71 bits per heavy atom. The Bertz CT molecular complexity index is 631. The normalized spacial score (nSPS) is 19.0. The molecular formula is C17H20F3S+. The zero-order valence-electron chi connectivity index (χ0n) is 12.2. The Morgan fingerprint density at radius 3 is 2.33 bits per heavy atom. The van der Waals surface area contributed by atoms with Gasteiger partial charge in [0.05, 0.1) is 10.5 Å². The van der Waals surface area contributed by atoms with E-state index in [1.807, 2.05) is 19.1 Å². The van der Waals surface area contributed by atoms with Crippen LogP contribution in [0.2, 0.25) is 0 Å². The number of halogens is 3. The van der Waals surface area contributed by atoms with Gasteiger partial charge in [-0.25, -0.2) is 0 Å². The van der Waals surface area contributed by atoms with Crippen LogP contribution in [-0.2, 0) is 5.51 Å². The monoisotopic (exact) mass is 313 g/mol. The van der Waals surface area contributed by atoms with Gasteiger partial charge in [0.15, 0.2) is 9.58 Å². The number of benzene rings is 1. The van der Waals surface area contributed by atoms with E-state index in [-0.39, 0.29) is 5.92 Å². The van der Waals surface area contributed by atoms with Crippen LogP contribution in [0.5, 0.6) is 0 Å². The fourth-order valence-corrected chi connectivity index (χ4v) is 5.68. The molecule has 1 saturated carbocycles. The van der Waals surface area contributed by atoms with Crippen molar-refractivity contribution in [2.75, 3.05) is 0 Å². The molecule has 0 amide bonds. The van der Waals surface area contributed by atoms with Crippen molar-refractivity contribution < 1.29 is 13.2 Å². The molecule has 1 fully saturated rings. The molecule has 1 aromatic heterocycles. The van der Waals surface area contributed by atoms with Crippen LogP contribution < -0.4 is 0 Å². The molecule has 114 valence electrons. The van der Waals surface area contributed by atoms with Gasteiger partial charge < -0.3 is 0 Å². The van der Waals surface area contributed by atoms with E-state index in [0.29, 0.717) is 9.58 Å². The minimum absolute atomic E-state index is 0.115. The maximum absolute atomic E-state index is 13.6. The summed E-state index contributed by atoms with van der Waals surface area (Å²) in [4.78, 5) is 0.647. The number of aryl methyl sites for hydroxylation is 1. The van der Waals surface area contributed by atoms with Crippen molar-refractivity contribution in [1.82, 2.24) is 0 Å². The minimum atomic E-state index is -4.16. The first-order chi connectivity index (χ1) is 9.98. The zero-order valence-corrected chi connectivity index (χ0v) is 13.0. The lowest BCUT2D eigenvalue weighted by Crippen LogP contribution is -2.02. The van der Waals surface area contributed by atoms with E-state index in [1.54, 1.807) is 12.1 Å². The summed E-state index contributed by atoms with van der Waals surface area (Å²) in [5.74, 6) is 0.115. The van der Waals surface area contributed by atoms with Crippen LogP contribution in [0.25, 0.3) is 10.1 Å². The molecule has 0 radical (unpaired) electrons. The first-order valence-electron chi connectivity index (χ1n) is 7.61. The summed E-state index contributed by atoms with van der Waals surface area (Å²) in [5.41, 5.74) is -3.20. The Kier molecular flexibility index (Phi) is 4.00. The largest absolute Gasteiger partial charge is 0.600 e. The van der Waals surface area contributed by atoms with E-state index in [1.165, 1.54) is 0 Å². The fraction of sp³-hybridized carbons (Fsp3) is 0.529. The van der Waals surface area contributed by atoms with Crippen molar-refractivity contribution in [1.29, 1.82) is 0 Å². The molecule has 1 unspecified atom stereocenters. The summed E-state index contributed by atoms with van der Waals surface area (Å²) in [6.07, 6.45) is 6.28. The number of hydrogen-bond acceptors (Lipinski definition) is 0. The van der Waals surface area contributed by atoms with E-state index in [2.05, 4.69) is 0 Å². The number of hydrogen-bond donors (Lipinski definition) is 0. The summed E-state index contributed by atoms with van der Waals surface area (Å²) in [6, 6.07) is 7.18. The van der Waals surface area contributed by atoms with E-state index in [0.717, 1.165) is 49.5 Å². The Balaban J connectivity index is 2.18. The van der Waals surface area contributed by atoms with Crippen molar-refractivity contribution in [3.8, 4) is 0 Å². The Morgan fingerprint density at radius 1 is 1.05 bits per heavy atom. The lowest BCUT2D eigenvalue weighted by Gasteiger charge is -2.10. The van der Waals surface area contributed by atoms with Gasteiger partial charge in [-0.3, -0.25) is 0 Å². The lowest BCUT2D eigenvalue weighted by atomic mass is 9.98. The van der Waals surface area contributed by atoms with Crippen molar-refractivity contribution in [3.05, 3.63) is 34.7 Å². The molecule has 21 heavy (non-hydrogen) atoms. The molecule has 0 nitrogen and oxygen atoms in total. The van der Waals surface area contributed by atoms with Crippen LogP contribution in [0.1, 0.15) is 54.9 Å². The highest BCUT2D eigenvalue weighted by molar-refractivity contribution is 7.38. The average Bonchev–Trinajstić information content (AvgIpc) is 2.63. The van der Waals surface area contributed by atoms with Gasteiger partial charge >= 0.3 is 5.51 Å². The molecule has 1 heterocycles. The van der Waals surface area contributed by atoms with E-state index >= 15 is 0 Å². The molecule has 1 aliphatic rings. The number of fused-ring (bicyclic) bond motifs is 1. The highest BCUT2D eigenvalue weighted by atomic mass is 32.2. The van der Waals surface area contributed by atoms with Gasteiger partial charge in [0.1, 0.15) is 0 Å². The quantitative estimate of drug-likeness (QED) is 0.400.